The minimum atomic E-state index is -0.507. The molecule has 0 aliphatic carbocycles. The molecule has 4 heteroatoms. The van der Waals surface area contributed by atoms with Gasteiger partial charge in [0.1, 0.15) is 5.60 Å². The van der Waals surface area contributed by atoms with Crippen molar-refractivity contribution in [1.82, 2.24) is 5.32 Å². The van der Waals surface area contributed by atoms with Gasteiger partial charge in [-0.15, -0.1) is 0 Å². The molecule has 0 aromatic rings. The third kappa shape index (κ3) is 2.13. The first-order valence-electron chi connectivity index (χ1n) is 3.77. The molecular formula is C7H15NO3. The molecule has 0 amide bonds. The summed E-state index contributed by atoms with van der Waals surface area (Å²) >= 11 is 0. The number of aliphatic hydroxyl groups is 1. The summed E-state index contributed by atoms with van der Waals surface area (Å²) in [7, 11) is 1.61. The van der Waals surface area contributed by atoms with E-state index in [4.69, 9.17) is 14.6 Å². The summed E-state index contributed by atoms with van der Waals surface area (Å²) in [4.78, 5) is 0. The monoisotopic (exact) mass is 161 g/mol. The SMILES string of the molecule is COCC1(CO)CNCCO1. The quantitative estimate of drug-likeness (QED) is 0.556. The van der Waals surface area contributed by atoms with Crippen molar-refractivity contribution >= 4 is 0 Å². The first-order chi connectivity index (χ1) is 5.33. The van der Waals surface area contributed by atoms with Crippen LogP contribution in [-0.4, -0.2) is 50.7 Å². The lowest BCUT2D eigenvalue weighted by Crippen LogP contribution is -2.55. The molecular weight excluding hydrogens is 146 g/mol. The van der Waals surface area contributed by atoms with E-state index in [1.54, 1.807) is 7.11 Å². The van der Waals surface area contributed by atoms with Crippen molar-refractivity contribution in [2.75, 3.05) is 40.0 Å². The maximum Gasteiger partial charge on any atom is 0.127 e. The van der Waals surface area contributed by atoms with Crippen molar-refractivity contribution in [2.45, 2.75) is 5.60 Å². The molecule has 2 N–H and O–H groups in total. The van der Waals surface area contributed by atoms with Gasteiger partial charge in [0.05, 0.1) is 19.8 Å². The van der Waals surface area contributed by atoms with E-state index in [1.165, 1.54) is 0 Å². The van der Waals surface area contributed by atoms with E-state index in [2.05, 4.69) is 5.32 Å². The first-order valence-corrected chi connectivity index (χ1v) is 3.77. The summed E-state index contributed by atoms with van der Waals surface area (Å²) in [6, 6.07) is 0. The van der Waals surface area contributed by atoms with Gasteiger partial charge in [-0.2, -0.15) is 0 Å². The molecule has 0 saturated carbocycles. The maximum absolute atomic E-state index is 9.03. The maximum atomic E-state index is 9.03. The second-order valence-electron chi connectivity index (χ2n) is 2.80. The standard InChI is InChI=1S/C7H15NO3/c1-10-6-7(5-9)4-8-2-3-11-7/h8-9H,2-6H2,1H3. The highest BCUT2D eigenvalue weighted by Gasteiger charge is 2.32. The molecule has 0 radical (unpaired) electrons. The lowest BCUT2D eigenvalue weighted by atomic mass is 10.1. The third-order valence-electron chi connectivity index (χ3n) is 1.83. The first kappa shape index (κ1) is 8.93. The summed E-state index contributed by atoms with van der Waals surface area (Å²) < 4.78 is 10.4. The number of hydrogen-bond donors (Lipinski definition) is 2. The number of ether oxygens (including phenoxy) is 2. The summed E-state index contributed by atoms with van der Waals surface area (Å²) in [6.07, 6.45) is 0. The van der Waals surface area contributed by atoms with Crippen LogP contribution in [0.4, 0.5) is 0 Å². The van der Waals surface area contributed by atoms with Crippen molar-refractivity contribution < 1.29 is 14.6 Å². The predicted octanol–water partition coefficient (Wildman–Crippen LogP) is -1.02. The Morgan fingerprint density at radius 2 is 2.55 bits per heavy atom. The van der Waals surface area contributed by atoms with Gasteiger partial charge in [0.2, 0.25) is 0 Å². The molecule has 66 valence electrons. The van der Waals surface area contributed by atoms with Crippen LogP contribution in [0.5, 0.6) is 0 Å². The molecule has 0 spiro atoms. The average Bonchev–Trinajstić information content (AvgIpc) is 2.07. The van der Waals surface area contributed by atoms with Gasteiger partial charge in [0.25, 0.3) is 0 Å². The van der Waals surface area contributed by atoms with E-state index in [1.807, 2.05) is 0 Å². The van der Waals surface area contributed by atoms with E-state index in [0.29, 0.717) is 19.8 Å². The minimum absolute atomic E-state index is 0.00778. The van der Waals surface area contributed by atoms with Gasteiger partial charge in [-0.05, 0) is 0 Å². The van der Waals surface area contributed by atoms with E-state index in [-0.39, 0.29) is 6.61 Å². The molecule has 4 nitrogen and oxygen atoms in total. The van der Waals surface area contributed by atoms with E-state index < -0.39 is 5.60 Å². The average molecular weight is 161 g/mol. The highest BCUT2D eigenvalue weighted by atomic mass is 16.5. The number of aliphatic hydroxyl groups excluding tert-OH is 1. The molecule has 1 heterocycles. The Hall–Kier alpha value is -0.160. The lowest BCUT2D eigenvalue weighted by Gasteiger charge is -2.35. The minimum Gasteiger partial charge on any atom is -0.393 e. The van der Waals surface area contributed by atoms with Crippen molar-refractivity contribution in [1.29, 1.82) is 0 Å². The van der Waals surface area contributed by atoms with E-state index in [9.17, 15) is 0 Å². The number of morpholine rings is 1. The molecule has 1 rings (SSSR count). The summed E-state index contributed by atoms with van der Waals surface area (Å²) in [6.45, 7) is 2.61. The molecule has 1 aliphatic heterocycles. The van der Waals surface area contributed by atoms with Crippen LogP contribution in [0.2, 0.25) is 0 Å². The molecule has 0 aromatic heterocycles. The topological polar surface area (TPSA) is 50.7 Å². The Morgan fingerprint density at radius 1 is 1.73 bits per heavy atom. The normalized spacial score (nSPS) is 32.2. The highest BCUT2D eigenvalue weighted by Crippen LogP contribution is 2.12. The van der Waals surface area contributed by atoms with Gasteiger partial charge in [-0.1, -0.05) is 0 Å². The van der Waals surface area contributed by atoms with Gasteiger partial charge in [-0.25, -0.2) is 0 Å². The van der Waals surface area contributed by atoms with E-state index >= 15 is 0 Å². The molecule has 1 aliphatic rings. The van der Waals surface area contributed by atoms with Gasteiger partial charge in [0, 0.05) is 20.2 Å². The summed E-state index contributed by atoms with van der Waals surface area (Å²) in [5.74, 6) is 0. The Balaban J connectivity index is 2.42. The fraction of sp³-hybridized carbons (Fsp3) is 1.00. The van der Waals surface area contributed by atoms with Crippen LogP contribution in [0.25, 0.3) is 0 Å². The van der Waals surface area contributed by atoms with Gasteiger partial charge in [0.15, 0.2) is 0 Å². The van der Waals surface area contributed by atoms with Crippen LogP contribution in [-0.2, 0) is 9.47 Å². The Morgan fingerprint density at radius 3 is 3.00 bits per heavy atom. The highest BCUT2D eigenvalue weighted by molar-refractivity contribution is 4.85. The zero-order valence-electron chi connectivity index (χ0n) is 6.80. The summed E-state index contributed by atoms with van der Waals surface area (Å²) in [5.41, 5.74) is -0.507. The van der Waals surface area contributed by atoms with Gasteiger partial charge >= 0.3 is 0 Å². The van der Waals surface area contributed by atoms with Crippen LogP contribution < -0.4 is 5.32 Å². The molecule has 1 fully saturated rings. The zero-order chi connectivity index (χ0) is 8.16. The van der Waals surface area contributed by atoms with Crippen molar-refractivity contribution in [2.24, 2.45) is 0 Å². The Bertz CT molecular complexity index is 107. The van der Waals surface area contributed by atoms with Crippen molar-refractivity contribution in [3.8, 4) is 0 Å². The zero-order valence-corrected chi connectivity index (χ0v) is 6.80. The van der Waals surface area contributed by atoms with Gasteiger partial charge in [-0.3, -0.25) is 0 Å². The number of rotatable bonds is 3. The molecule has 0 aromatic carbocycles. The Kier molecular flexibility index (Phi) is 3.26. The van der Waals surface area contributed by atoms with Crippen LogP contribution >= 0.6 is 0 Å². The molecule has 0 bridgehead atoms. The number of hydrogen-bond acceptors (Lipinski definition) is 4. The molecule has 11 heavy (non-hydrogen) atoms. The number of nitrogens with one attached hydrogen (secondary N) is 1. The summed E-state index contributed by atoms with van der Waals surface area (Å²) in [5, 5.41) is 12.2. The molecule has 1 unspecified atom stereocenters. The van der Waals surface area contributed by atoms with E-state index in [0.717, 1.165) is 6.54 Å². The van der Waals surface area contributed by atoms with Crippen molar-refractivity contribution in [3.05, 3.63) is 0 Å². The molecule has 1 atom stereocenters. The fourth-order valence-corrected chi connectivity index (χ4v) is 1.21. The predicted molar refractivity (Wildman–Crippen MR) is 40.5 cm³/mol. The fourth-order valence-electron chi connectivity index (χ4n) is 1.21. The number of methoxy groups -OCH3 is 1. The Labute approximate surface area is 66.5 Å². The lowest BCUT2D eigenvalue weighted by molar-refractivity contribution is -0.129. The smallest absolute Gasteiger partial charge is 0.127 e. The second kappa shape index (κ2) is 4.01. The van der Waals surface area contributed by atoms with Crippen LogP contribution in [0.15, 0.2) is 0 Å². The van der Waals surface area contributed by atoms with Crippen molar-refractivity contribution in [3.63, 3.8) is 0 Å². The molecule has 1 saturated heterocycles. The van der Waals surface area contributed by atoms with Crippen LogP contribution in [0.3, 0.4) is 0 Å². The largest absolute Gasteiger partial charge is 0.393 e. The van der Waals surface area contributed by atoms with Crippen LogP contribution in [0.1, 0.15) is 0 Å². The third-order valence-corrected chi connectivity index (χ3v) is 1.83. The second-order valence-corrected chi connectivity index (χ2v) is 2.80. The van der Waals surface area contributed by atoms with Crippen LogP contribution in [0, 0.1) is 0 Å². The van der Waals surface area contributed by atoms with Gasteiger partial charge < -0.3 is 19.9 Å².